The summed E-state index contributed by atoms with van der Waals surface area (Å²) in [5, 5.41) is 0.821. The van der Waals surface area contributed by atoms with Crippen LogP contribution in [0.25, 0.3) is 6.08 Å². The molecule has 1 fully saturated rings. The number of amides is 1. The maximum absolute atomic E-state index is 12.5. The molecule has 0 unspecified atom stereocenters. The Morgan fingerprint density at radius 3 is 2.59 bits per heavy atom. The van der Waals surface area contributed by atoms with Gasteiger partial charge in [-0.05, 0) is 43.7 Å². The summed E-state index contributed by atoms with van der Waals surface area (Å²) >= 11 is 19.0. The standard InChI is InChI=1S/C21H19Cl2NO3S2/c1-3-24-20(25)18(29-21(24)28)11-14-10-15(22)12-16(23)19(14)27-9-8-26-17-7-5-4-6-13(17)2/h4-7,10-12H,3,8-9H2,1-2H3/b18-11-. The van der Waals surface area contributed by atoms with Gasteiger partial charge in [0.15, 0.2) is 0 Å². The quantitative estimate of drug-likeness (QED) is 0.284. The van der Waals surface area contributed by atoms with Gasteiger partial charge in [-0.3, -0.25) is 9.69 Å². The van der Waals surface area contributed by atoms with Gasteiger partial charge in [0, 0.05) is 17.1 Å². The highest BCUT2D eigenvalue weighted by atomic mass is 35.5. The van der Waals surface area contributed by atoms with Crippen LogP contribution < -0.4 is 9.47 Å². The number of hydrogen-bond donors (Lipinski definition) is 0. The highest BCUT2D eigenvalue weighted by molar-refractivity contribution is 8.26. The third-order valence-electron chi connectivity index (χ3n) is 4.19. The lowest BCUT2D eigenvalue weighted by molar-refractivity contribution is -0.121. The van der Waals surface area contributed by atoms with E-state index in [0.717, 1.165) is 11.3 Å². The van der Waals surface area contributed by atoms with E-state index in [1.54, 1.807) is 23.1 Å². The number of thiocarbonyl (C=S) groups is 1. The van der Waals surface area contributed by atoms with Crippen LogP contribution in [0.1, 0.15) is 18.1 Å². The van der Waals surface area contributed by atoms with E-state index in [9.17, 15) is 4.79 Å². The molecule has 0 atom stereocenters. The maximum atomic E-state index is 12.5. The number of carbonyl (C=O) groups is 1. The van der Waals surface area contributed by atoms with Crippen molar-refractivity contribution in [3.05, 3.63) is 62.5 Å². The zero-order valence-corrected chi connectivity index (χ0v) is 19.1. The summed E-state index contributed by atoms with van der Waals surface area (Å²) in [7, 11) is 0. The lowest BCUT2D eigenvalue weighted by Crippen LogP contribution is -2.27. The summed E-state index contributed by atoms with van der Waals surface area (Å²) in [4.78, 5) is 14.6. The van der Waals surface area contributed by atoms with Crippen molar-refractivity contribution in [3.63, 3.8) is 0 Å². The Morgan fingerprint density at radius 2 is 1.90 bits per heavy atom. The van der Waals surface area contributed by atoms with Crippen molar-refractivity contribution in [1.29, 1.82) is 0 Å². The summed E-state index contributed by atoms with van der Waals surface area (Å²) in [5.41, 5.74) is 1.67. The zero-order valence-electron chi connectivity index (χ0n) is 15.9. The number of benzene rings is 2. The van der Waals surface area contributed by atoms with Crippen LogP contribution in [-0.4, -0.2) is 34.9 Å². The Morgan fingerprint density at radius 1 is 1.17 bits per heavy atom. The third-order valence-corrected chi connectivity index (χ3v) is 6.07. The van der Waals surface area contributed by atoms with Crippen LogP contribution in [-0.2, 0) is 4.79 Å². The van der Waals surface area contributed by atoms with Gasteiger partial charge < -0.3 is 9.47 Å². The molecule has 1 aliphatic heterocycles. The Balaban J connectivity index is 1.76. The molecule has 8 heteroatoms. The molecule has 0 bridgehead atoms. The number of hydrogen-bond acceptors (Lipinski definition) is 5. The number of halogens is 2. The van der Waals surface area contributed by atoms with Gasteiger partial charge in [0.25, 0.3) is 5.91 Å². The lowest BCUT2D eigenvalue weighted by Gasteiger charge is -2.14. The van der Waals surface area contributed by atoms with Crippen LogP contribution in [0.15, 0.2) is 41.3 Å². The highest BCUT2D eigenvalue weighted by Crippen LogP contribution is 2.38. The van der Waals surface area contributed by atoms with E-state index in [1.807, 2.05) is 38.1 Å². The summed E-state index contributed by atoms with van der Waals surface area (Å²) in [6, 6.07) is 11.1. The van der Waals surface area contributed by atoms with Crippen LogP contribution in [0.4, 0.5) is 0 Å². The van der Waals surface area contributed by atoms with Crippen molar-refractivity contribution in [3.8, 4) is 11.5 Å². The smallest absolute Gasteiger partial charge is 0.266 e. The number of rotatable bonds is 7. The molecule has 1 heterocycles. The molecule has 1 saturated heterocycles. The van der Waals surface area contributed by atoms with E-state index >= 15 is 0 Å². The van der Waals surface area contributed by atoms with Crippen LogP contribution in [0.3, 0.4) is 0 Å². The number of para-hydroxylation sites is 1. The van der Waals surface area contributed by atoms with Crippen LogP contribution >= 0.6 is 47.2 Å². The van der Waals surface area contributed by atoms with Crippen molar-refractivity contribution < 1.29 is 14.3 Å². The second-order valence-corrected chi connectivity index (χ2v) is 8.71. The third kappa shape index (κ3) is 5.25. The van der Waals surface area contributed by atoms with Gasteiger partial charge in [-0.1, -0.05) is 65.4 Å². The first-order chi connectivity index (χ1) is 13.9. The fourth-order valence-corrected chi connectivity index (χ4v) is 4.71. The molecule has 0 aromatic heterocycles. The van der Waals surface area contributed by atoms with Gasteiger partial charge in [-0.15, -0.1) is 0 Å². The van der Waals surface area contributed by atoms with E-state index < -0.39 is 0 Å². The first kappa shape index (κ1) is 22.0. The number of carbonyl (C=O) groups excluding carboxylic acids is 1. The number of thioether (sulfide) groups is 1. The van der Waals surface area contributed by atoms with Gasteiger partial charge in [0.05, 0.1) is 9.93 Å². The maximum Gasteiger partial charge on any atom is 0.266 e. The van der Waals surface area contributed by atoms with Crippen LogP contribution in [0.5, 0.6) is 11.5 Å². The molecular formula is C21H19Cl2NO3S2. The van der Waals surface area contributed by atoms with Crippen molar-refractivity contribution in [2.45, 2.75) is 13.8 Å². The van der Waals surface area contributed by atoms with Crippen LogP contribution in [0, 0.1) is 6.92 Å². The topological polar surface area (TPSA) is 38.8 Å². The van der Waals surface area contributed by atoms with E-state index in [4.69, 9.17) is 44.9 Å². The van der Waals surface area contributed by atoms with Gasteiger partial charge in [-0.2, -0.15) is 0 Å². The predicted octanol–water partition coefficient (Wildman–Crippen LogP) is 5.98. The number of aryl methyl sites for hydroxylation is 1. The summed E-state index contributed by atoms with van der Waals surface area (Å²) in [6.45, 7) is 5.02. The Bertz CT molecular complexity index is 978. The first-order valence-corrected chi connectivity index (χ1v) is 10.9. The predicted molar refractivity (Wildman–Crippen MR) is 124 cm³/mol. The molecule has 1 amide bonds. The fraction of sp³-hybridized carbons (Fsp3) is 0.238. The molecule has 0 N–H and O–H groups in total. The second-order valence-electron chi connectivity index (χ2n) is 6.19. The molecule has 0 aliphatic carbocycles. The first-order valence-electron chi connectivity index (χ1n) is 8.96. The lowest BCUT2D eigenvalue weighted by atomic mass is 10.1. The SMILES string of the molecule is CCN1C(=O)/C(=C/c2cc(Cl)cc(Cl)c2OCCOc2ccccc2C)SC1=S. The summed E-state index contributed by atoms with van der Waals surface area (Å²) in [5.74, 6) is 1.13. The van der Waals surface area contributed by atoms with Crippen molar-refractivity contribution in [2.24, 2.45) is 0 Å². The van der Waals surface area contributed by atoms with Crippen LogP contribution in [0.2, 0.25) is 10.0 Å². The molecule has 2 aromatic carbocycles. The molecule has 3 rings (SSSR count). The largest absolute Gasteiger partial charge is 0.490 e. The van der Waals surface area contributed by atoms with E-state index in [-0.39, 0.29) is 12.5 Å². The van der Waals surface area contributed by atoms with Gasteiger partial charge in [0.1, 0.15) is 29.0 Å². The molecule has 29 heavy (non-hydrogen) atoms. The number of likely N-dealkylation sites (N-methyl/N-ethyl adjacent to an activating group) is 1. The Labute approximate surface area is 189 Å². The van der Waals surface area contributed by atoms with Crippen molar-refractivity contribution in [2.75, 3.05) is 19.8 Å². The van der Waals surface area contributed by atoms with Gasteiger partial charge in [-0.25, -0.2) is 0 Å². The molecule has 152 valence electrons. The highest BCUT2D eigenvalue weighted by Gasteiger charge is 2.31. The van der Waals surface area contributed by atoms with Crippen molar-refractivity contribution in [1.82, 2.24) is 4.90 Å². The normalized spacial score (nSPS) is 15.3. The molecule has 4 nitrogen and oxygen atoms in total. The molecule has 0 radical (unpaired) electrons. The monoisotopic (exact) mass is 467 g/mol. The van der Waals surface area contributed by atoms with Crippen molar-refractivity contribution >= 4 is 63.5 Å². The van der Waals surface area contributed by atoms with E-state index in [2.05, 4.69) is 0 Å². The van der Waals surface area contributed by atoms with Gasteiger partial charge >= 0.3 is 0 Å². The minimum Gasteiger partial charge on any atom is -0.490 e. The Hall–Kier alpha value is -1.73. The zero-order chi connectivity index (χ0) is 21.0. The molecule has 0 saturated carbocycles. The average Bonchev–Trinajstić information content (AvgIpc) is 2.94. The number of ether oxygens (including phenoxy) is 2. The minimum absolute atomic E-state index is 0.132. The molecule has 2 aromatic rings. The molecular weight excluding hydrogens is 449 g/mol. The second kappa shape index (κ2) is 9.85. The summed E-state index contributed by atoms with van der Waals surface area (Å²) < 4.78 is 12.2. The van der Waals surface area contributed by atoms with E-state index in [1.165, 1.54) is 11.8 Å². The van der Waals surface area contributed by atoms with Gasteiger partial charge in [0.2, 0.25) is 0 Å². The summed E-state index contributed by atoms with van der Waals surface area (Å²) in [6.07, 6.45) is 1.71. The van der Waals surface area contributed by atoms with E-state index in [0.29, 0.717) is 43.7 Å². The minimum atomic E-state index is -0.132. The molecule has 0 spiro atoms. The number of nitrogens with zero attached hydrogens (tertiary/aromatic N) is 1. The molecule has 1 aliphatic rings. The Kier molecular flexibility index (Phi) is 7.46. The average molecular weight is 468 g/mol. The fourth-order valence-electron chi connectivity index (χ4n) is 2.77.